The van der Waals surface area contributed by atoms with E-state index >= 15 is 0 Å². The third-order valence-electron chi connectivity index (χ3n) is 4.80. The molecule has 1 heterocycles. The zero-order chi connectivity index (χ0) is 15.9. The first kappa shape index (κ1) is 15.5. The molecule has 1 aromatic carbocycles. The zero-order valence-corrected chi connectivity index (χ0v) is 14.5. The van der Waals surface area contributed by atoms with Gasteiger partial charge in [-0.15, -0.1) is 0 Å². The van der Waals surface area contributed by atoms with E-state index in [1.807, 2.05) is 6.07 Å². The molecule has 5 heteroatoms. The van der Waals surface area contributed by atoms with Gasteiger partial charge in [-0.05, 0) is 35.4 Å². The van der Waals surface area contributed by atoms with Crippen LogP contribution >= 0.6 is 15.9 Å². The fraction of sp³-hybridized carbons (Fsp3) is 0.529. The van der Waals surface area contributed by atoms with Gasteiger partial charge in [-0.25, -0.2) is 0 Å². The van der Waals surface area contributed by atoms with Crippen molar-refractivity contribution in [2.45, 2.75) is 39.2 Å². The highest BCUT2D eigenvalue weighted by molar-refractivity contribution is 9.10. The molecule has 2 atom stereocenters. The molecule has 1 saturated heterocycles. The standard InChI is InChI=1S/C17H21BrN2O2/c1-17(2)8-12-11(4-3-5-13(12)18)15(17)20-16(22)10-6-7-14(21)19-9-10/h3-5,10,15H,6-9H2,1-2H3,(H,19,21)(H,20,22). The molecule has 3 rings (SSSR count). The molecule has 4 nitrogen and oxygen atoms in total. The lowest BCUT2D eigenvalue weighted by Crippen LogP contribution is -2.45. The van der Waals surface area contributed by atoms with Crippen LogP contribution in [0.25, 0.3) is 0 Å². The van der Waals surface area contributed by atoms with E-state index < -0.39 is 0 Å². The molecule has 0 radical (unpaired) electrons. The molecule has 0 aromatic heterocycles. The number of carbonyl (C=O) groups is 2. The van der Waals surface area contributed by atoms with Crippen LogP contribution in [0.4, 0.5) is 0 Å². The molecule has 2 unspecified atom stereocenters. The van der Waals surface area contributed by atoms with E-state index in [1.54, 1.807) is 0 Å². The molecule has 1 aliphatic heterocycles. The molecule has 1 fully saturated rings. The Labute approximate surface area is 139 Å². The van der Waals surface area contributed by atoms with Crippen LogP contribution in [-0.2, 0) is 16.0 Å². The van der Waals surface area contributed by atoms with Crippen molar-refractivity contribution in [1.82, 2.24) is 10.6 Å². The maximum atomic E-state index is 12.6. The van der Waals surface area contributed by atoms with Gasteiger partial charge in [-0.2, -0.15) is 0 Å². The third-order valence-corrected chi connectivity index (χ3v) is 5.55. The summed E-state index contributed by atoms with van der Waals surface area (Å²) in [5.41, 5.74) is 2.47. The van der Waals surface area contributed by atoms with Gasteiger partial charge < -0.3 is 10.6 Å². The number of nitrogens with one attached hydrogen (secondary N) is 2. The van der Waals surface area contributed by atoms with Crippen molar-refractivity contribution >= 4 is 27.7 Å². The average Bonchev–Trinajstić information content (AvgIpc) is 2.72. The lowest BCUT2D eigenvalue weighted by Gasteiger charge is -2.31. The SMILES string of the molecule is CC1(C)Cc2c(Br)cccc2C1NC(=O)C1CCC(=O)NC1. The Balaban J connectivity index is 1.78. The molecule has 0 saturated carbocycles. The highest BCUT2D eigenvalue weighted by Gasteiger charge is 2.41. The van der Waals surface area contributed by atoms with Crippen molar-refractivity contribution in [3.05, 3.63) is 33.8 Å². The van der Waals surface area contributed by atoms with Crippen LogP contribution in [0.5, 0.6) is 0 Å². The van der Waals surface area contributed by atoms with Gasteiger partial charge in [0, 0.05) is 17.4 Å². The minimum absolute atomic E-state index is 0.0141. The van der Waals surface area contributed by atoms with E-state index in [4.69, 9.17) is 0 Å². The lowest BCUT2D eigenvalue weighted by atomic mass is 9.84. The first-order valence-electron chi connectivity index (χ1n) is 7.73. The van der Waals surface area contributed by atoms with Crippen molar-refractivity contribution < 1.29 is 9.59 Å². The molecular weight excluding hydrogens is 344 g/mol. The highest BCUT2D eigenvalue weighted by Crippen LogP contribution is 2.47. The summed E-state index contributed by atoms with van der Waals surface area (Å²) in [6.07, 6.45) is 2.01. The molecule has 2 amide bonds. The summed E-state index contributed by atoms with van der Waals surface area (Å²) >= 11 is 3.62. The molecule has 2 aliphatic rings. The van der Waals surface area contributed by atoms with Crippen LogP contribution in [0.15, 0.2) is 22.7 Å². The summed E-state index contributed by atoms with van der Waals surface area (Å²) in [5, 5.41) is 6.01. The van der Waals surface area contributed by atoms with Gasteiger partial charge in [0.05, 0.1) is 12.0 Å². The molecule has 1 aromatic rings. The average molecular weight is 365 g/mol. The normalized spacial score (nSPS) is 26.2. The molecular formula is C17H21BrN2O2. The number of hydrogen-bond acceptors (Lipinski definition) is 2. The Morgan fingerprint density at radius 2 is 2.18 bits per heavy atom. The fourth-order valence-corrected chi connectivity index (χ4v) is 4.02. The molecule has 2 N–H and O–H groups in total. The quantitative estimate of drug-likeness (QED) is 0.847. The second kappa shape index (κ2) is 5.69. The first-order valence-corrected chi connectivity index (χ1v) is 8.52. The van der Waals surface area contributed by atoms with Crippen molar-refractivity contribution in [3.8, 4) is 0 Å². The first-order chi connectivity index (χ1) is 10.4. The summed E-state index contributed by atoms with van der Waals surface area (Å²) in [4.78, 5) is 23.8. The van der Waals surface area contributed by atoms with Crippen LogP contribution in [0.2, 0.25) is 0 Å². The Bertz CT molecular complexity index is 617. The van der Waals surface area contributed by atoms with Gasteiger partial charge in [0.15, 0.2) is 0 Å². The van der Waals surface area contributed by atoms with Crippen LogP contribution in [0, 0.1) is 11.3 Å². The topological polar surface area (TPSA) is 58.2 Å². The van der Waals surface area contributed by atoms with Crippen LogP contribution in [-0.4, -0.2) is 18.4 Å². The summed E-state index contributed by atoms with van der Waals surface area (Å²) in [5.74, 6) is -0.0323. The van der Waals surface area contributed by atoms with Gasteiger partial charge in [0.25, 0.3) is 0 Å². The van der Waals surface area contributed by atoms with E-state index in [9.17, 15) is 9.59 Å². The number of halogens is 1. The fourth-order valence-electron chi connectivity index (χ4n) is 3.50. The van der Waals surface area contributed by atoms with E-state index in [-0.39, 0.29) is 29.2 Å². The van der Waals surface area contributed by atoms with Crippen LogP contribution < -0.4 is 10.6 Å². The van der Waals surface area contributed by atoms with Gasteiger partial charge in [0.1, 0.15) is 0 Å². The van der Waals surface area contributed by atoms with Crippen molar-refractivity contribution in [2.24, 2.45) is 11.3 Å². The molecule has 0 spiro atoms. The van der Waals surface area contributed by atoms with E-state index in [1.165, 1.54) is 11.1 Å². The van der Waals surface area contributed by atoms with Crippen molar-refractivity contribution in [3.63, 3.8) is 0 Å². The number of amides is 2. The lowest BCUT2D eigenvalue weighted by molar-refractivity contribution is -0.130. The Morgan fingerprint density at radius 3 is 2.86 bits per heavy atom. The van der Waals surface area contributed by atoms with Crippen LogP contribution in [0.1, 0.15) is 43.9 Å². The van der Waals surface area contributed by atoms with Crippen LogP contribution in [0.3, 0.4) is 0 Å². The molecule has 118 valence electrons. The van der Waals surface area contributed by atoms with Crippen molar-refractivity contribution in [1.29, 1.82) is 0 Å². The van der Waals surface area contributed by atoms with E-state index in [0.717, 1.165) is 10.9 Å². The van der Waals surface area contributed by atoms with E-state index in [2.05, 4.69) is 52.5 Å². The number of hydrogen-bond donors (Lipinski definition) is 2. The minimum Gasteiger partial charge on any atom is -0.355 e. The largest absolute Gasteiger partial charge is 0.355 e. The molecule has 1 aliphatic carbocycles. The predicted octanol–water partition coefficient (Wildman–Crippen LogP) is 2.71. The number of fused-ring (bicyclic) bond motifs is 1. The Morgan fingerprint density at radius 1 is 1.41 bits per heavy atom. The number of rotatable bonds is 2. The van der Waals surface area contributed by atoms with E-state index in [0.29, 0.717) is 19.4 Å². The van der Waals surface area contributed by atoms with Gasteiger partial charge in [-0.1, -0.05) is 41.9 Å². The highest BCUT2D eigenvalue weighted by atomic mass is 79.9. The summed E-state index contributed by atoms with van der Waals surface area (Å²) in [7, 11) is 0. The number of carbonyl (C=O) groups excluding carboxylic acids is 2. The summed E-state index contributed by atoms with van der Waals surface area (Å²) in [6.45, 7) is 4.82. The Hall–Kier alpha value is -1.36. The third kappa shape index (κ3) is 2.78. The smallest absolute Gasteiger partial charge is 0.225 e. The van der Waals surface area contributed by atoms with Gasteiger partial charge in [0.2, 0.25) is 11.8 Å². The summed E-state index contributed by atoms with van der Waals surface area (Å²) in [6, 6.07) is 6.19. The van der Waals surface area contributed by atoms with Gasteiger partial charge in [-0.3, -0.25) is 9.59 Å². The number of benzene rings is 1. The summed E-state index contributed by atoms with van der Waals surface area (Å²) < 4.78 is 1.11. The monoisotopic (exact) mass is 364 g/mol. The zero-order valence-electron chi connectivity index (χ0n) is 12.9. The van der Waals surface area contributed by atoms with Crippen molar-refractivity contribution in [2.75, 3.05) is 6.54 Å². The maximum Gasteiger partial charge on any atom is 0.225 e. The molecule has 22 heavy (non-hydrogen) atoms. The second-order valence-corrected chi connectivity index (χ2v) is 7.81. The second-order valence-electron chi connectivity index (χ2n) is 6.95. The minimum atomic E-state index is -0.121. The van der Waals surface area contributed by atoms with Gasteiger partial charge >= 0.3 is 0 Å². The predicted molar refractivity (Wildman–Crippen MR) is 88.2 cm³/mol. The Kier molecular flexibility index (Phi) is 4.02. The number of piperidine rings is 1. The molecule has 0 bridgehead atoms. The maximum absolute atomic E-state index is 12.6.